The highest BCUT2D eigenvalue weighted by Gasteiger charge is 2.35. The summed E-state index contributed by atoms with van der Waals surface area (Å²) in [6, 6.07) is 7.54. The summed E-state index contributed by atoms with van der Waals surface area (Å²) in [5.74, 6) is -0.309. The number of rotatable bonds is 7. The van der Waals surface area contributed by atoms with Gasteiger partial charge < -0.3 is 24.2 Å². The minimum atomic E-state index is -4.89. The molecule has 0 aliphatic carbocycles. The van der Waals surface area contributed by atoms with Crippen LogP contribution in [-0.4, -0.2) is 32.6 Å². The van der Waals surface area contributed by atoms with Gasteiger partial charge in [-0.15, -0.1) is 0 Å². The van der Waals surface area contributed by atoms with Crippen LogP contribution in [0.4, 0.5) is 13.2 Å². The summed E-state index contributed by atoms with van der Waals surface area (Å²) in [6.07, 6.45) is -6.08. The molecule has 0 radical (unpaired) electrons. The van der Waals surface area contributed by atoms with Gasteiger partial charge in [0.25, 0.3) is 0 Å². The van der Waals surface area contributed by atoms with Gasteiger partial charge in [0.2, 0.25) is 0 Å². The second kappa shape index (κ2) is 8.99. The van der Waals surface area contributed by atoms with Crippen LogP contribution in [0.5, 0.6) is 11.5 Å². The van der Waals surface area contributed by atoms with E-state index in [4.69, 9.17) is 21.1 Å². The molecule has 0 amide bonds. The first-order chi connectivity index (χ1) is 14.8. The van der Waals surface area contributed by atoms with E-state index in [9.17, 15) is 37.1 Å². The molecule has 0 unspecified atom stereocenters. The molecule has 1 heterocycles. The number of alkyl halides is 3. The Labute approximate surface area is 182 Å². The van der Waals surface area contributed by atoms with Crippen LogP contribution >= 0.6 is 19.2 Å². The number of benzene rings is 2. The molecule has 14 heteroatoms. The highest BCUT2D eigenvalue weighted by Crippen LogP contribution is 2.40. The van der Waals surface area contributed by atoms with Crippen LogP contribution in [0.3, 0.4) is 0 Å². The maximum atomic E-state index is 13.5. The molecule has 3 aromatic rings. The fourth-order valence-corrected chi connectivity index (χ4v) is 3.58. The van der Waals surface area contributed by atoms with Gasteiger partial charge in [-0.05, 0) is 30.3 Å². The minimum Gasteiger partial charge on any atom is -0.490 e. The molecule has 1 aromatic heterocycles. The number of aromatic amines is 1. The van der Waals surface area contributed by atoms with Gasteiger partial charge in [-0.1, -0.05) is 11.6 Å². The topological polar surface area (TPSA) is 131 Å². The fourth-order valence-electron chi connectivity index (χ4n) is 2.81. The molecule has 2 aromatic carbocycles. The molecule has 3 N–H and O–H groups in total. The third-order valence-corrected chi connectivity index (χ3v) is 5.03. The maximum Gasteiger partial charge on any atom is 0.420 e. The first-order valence-corrected chi connectivity index (χ1v) is 11.0. The lowest BCUT2D eigenvalue weighted by Gasteiger charge is -2.17. The van der Waals surface area contributed by atoms with Crippen molar-refractivity contribution in [3.05, 3.63) is 67.7 Å². The molecular weight excluding hydrogens is 480 g/mol. The lowest BCUT2D eigenvalue weighted by atomic mass is 10.1. The summed E-state index contributed by atoms with van der Waals surface area (Å²) < 4.78 is 62.9. The Balaban J connectivity index is 1.97. The molecule has 3 rings (SSSR count). The van der Waals surface area contributed by atoms with Crippen molar-refractivity contribution < 1.29 is 37.0 Å². The van der Waals surface area contributed by atoms with E-state index < -0.39 is 48.0 Å². The molecular formula is C18H15ClF3N2O7P. The Bertz CT molecular complexity index is 1300. The third kappa shape index (κ3) is 5.71. The molecule has 0 fully saturated rings. The predicted molar refractivity (Wildman–Crippen MR) is 108 cm³/mol. The summed E-state index contributed by atoms with van der Waals surface area (Å²) in [5.41, 5.74) is -4.71. The number of ether oxygens (including phenoxy) is 2. The van der Waals surface area contributed by atoms with Crippen molar-refractivity contribution in [2.75, 3.05) is 13.2 Å². The van der Waals surface area contributed by atoms with E-state index in [2.05, 4.69) is 0 Å². The van der Waals surface area contributed by atoms with Gasteiger partial charge in [0.05, 0.1) is 16.6 Å². The van der Waals surface area contributed by atoms with E-state index in [0.29, 0.717) is 21.4 Å². The van der Waals surface area contributed by atoms with Crippen LogP contribution in [0.15, 0.2) is 46.0 Å². The smallest absolute Gasteiger partial charge is 0.420 e. The van der Waals surface area contributed by atoms with Crippen LogP contribution in [0, 0.1) is 0 Å². The van der Waals surface area contributed by atoms with Crippen molar-refractivity contribution in [3.8, 4) is 11.5 Å². The van der Waals surface area contributed by atoms with Crippen LogP contribution < -0.4 is 20.6 Å². The van der Waals surface area contributed by atoms with E-state index in [-0.39, 0.29) is 18.7 Å². The van der Waals surface area contributed by atoms with Crippen LogP contribution in [-0.2, 0) is 17.0 Å². The SMILES string of the molecule is O=c1[nH]c2cc(C(F)(F)F)c(OCCOc3ccc(Cl)cc3)cc2n(CP(=O)(O)O)c1=O. The Morgan fingerprint density at radius 3 is 2.28 bits per heavy atom. The number of fused-ring (bicyclic) bond motifs is 1. The van der Waals surface area contributed by atoms with Crippen molar-refractivity contribution in [3.63, 3.8) is 0 Å². The number of nitrogens with one attached hydrogen (secondary N) is 1. The number of nitrogens with zero attached hydrogens (tertiary/aromatic N) is 1. The third-order valence-electron chi connectivity index (χ3n) is 4.13. The number of H-pyrrole nitrogens is 1. The van der Waals surface area contributed by atoms with Gasteiger partial charge in [0.15, 0.2) is 0 Å². The Morgan fingerprint density at radius 1 is 1.06 bits per heavy atom. The maximum absolute atomic E-state index is 13.5. The highest BCUT2D eigenvalue weighted by molar-refractivity contribution is 7.50. The summed E-state index contributed by atoms with van der Waals surface area (Å²) in [7, 11) is -4.84. The zero-order chi connectivity index (χ0) is 23.7. The van der Waals surface area contributed by atoms with Gasteiger partial charge in [0, 0.05) is 11.1 Å². The molecule has 32 heavy (non-hydrogen) atoms. The number of hydrogen-bond donors (Lipinski definition) is 3. The summed E-state index contributed by atoms with van der Waals surface area (Å²) >= 11 is 5.75. The molecule has 172 valence electrons. The minimum absolute atomic E-state index is 0.141. The molecule has 0 spiro atoms. The van der Waals surface area contributed by atoms with E-state index in [1.54, 1.807) is 24.3 Å². The van der Waals surface area contributed by atoms with Gasteiger partial charge >= 0.3 is 24.9 Å². The van der Waals surface area contributed by atoms with Crippen LogP contribution in [0.1, 0.15) is 5.56 Å². The predicted octanol–water partition coefficient (Wildman–Crippen LogP) is 2.96. The van der Waals surface area contributed by atoms with E-state index >= 15 is 0 Å². The lowest BCUT2D eigenvalue weighted by Crippen LogP contribution is -2.36. The number of aromatic nitrogens is 2. The molecule has 0 saturated carbocycles. The quantitative estimate of drug-likeness (QED) is 0.261. The highest BCUT2D eigenvalue weighted by atomic mass is 35.5. The summed E-state index contributed by atoms with van der Waals surface area (Å²) in [6.45, 7) is -0.471. The summed E-state index contributed by atoms with van der Waals surface area (Å²) in [5, 5.41) is 0.471. The molecule has 0 bridgehead atoms. The van der Waals surface area contributed by atoms with E-state index in [0.717, 1.165) is 6.07 Å². The molecule has 0 saturated heterocycles. The monoisotopic (exact) mass is 494 g/mol. The Kier molecular flexibility index (Phi) is 6.70. The average molecular weight is 495 g/mol. The van der Waals surface area contributed by atoms with Gasteiger partial charge in [0.1, 0.15) is 31.0 Å². The van der Waals surface area contributed by atoms with E-state index in [1.165, 1.54) is 0 Å². The Morgan fingerprint density at radius 2 is 1.69 bits per heavy atom. The van der Waals surface area contributed by atoms with Crippen molar-refractivity contribution in [1.29, 1.82) is 0 Å². The molecule has 0 aliphatic rings. The van der Waals surface area contributed by atoms with E-state index in [1.807, 2.05) is 4.98 Å². The molecule has 9 nitrogen and oxygen atoms in total. The molecule has 0 aliphatic heterocycles. The normalized spacial score (nSPS) is 12.2. The number of hydrogen-bond acceptors (Lipinski definition) is 5. The zero-order valence-electron chi connectivity index (χ0n) is 15.9. The number of halogens is 4. The van der Waals surface area contributed by atoms with Crippen molar-refractivity contribution in [1.82, 2.24) is 9.55 Å². The van der Waals surface area contributed by atoms with Crippen LogP contribution in [0.25, 0.3) is 11.0 Å². The van der Waals surface area contributed by atoms with Crippen molar-refractivity contribution >= 4 is 30.2 Å². The van der Waals surface area contributed by atoms with Gasteiger partial charge in [-0.3, -0.25) is 18.7 Å². The largest absolute Gasteiger partial charge is 0.490 e. The lowest BCUT2D eigenvalue weighted by molar-refractivity contribution is -0.138. The fraction of sp³-hybridized carbons (Fsp3) is 0.222. The molecule has 0 atom stereocenters. The van der Waals surface area contributed by atoms with Crippen LogP contribution in [0.2, 0.25) is 5.02 Å². The average Bonchev–Trinajstić information content (AvgIpc) is 2.68. The Hall–Kier alpha value is -2.79. The van der Waals surface area contributed by atoms with Crippen molar-refractivity contribution in [2.24, 2.45) is 0 Å². The first kappa shape index (κ1) is 23.9. The second-order valence-corrected chi connectivity index (χ2v) is 8.56. The van der Waals surface area contributed by atoms with Crippen molar-refractivity contribution in [2.45, 2.75) is 12.5 Å². The van der Waals surface area contributed by atoms with Gasteiger partial charge in [-0.2, -0.15) is 13.2 Å². The standard InChI is InChI=1S/C18H15ClF3N2O7P/c19-10-1-3-11(4-2-10)30-5-6-31-15-8-14-13(7-12(15)18(20,21)22)23-16(25)17(26)24(14)9-32(27,28)29/h1-4,7-8H,5-6,9H2,(H,23,25)(H2,27,28,29). The van der Waals surface area contributed by atoms with Gasteiger partial charge in [-0.25, -0.2) is 0 Å². The zero-order valence-corrected chi connectivity index (χ0v) is 17.6. The first-order valence-electron chi connectivity index (χ1n) is 8.79. The second-order valence-electron chi connectivity index (χ2n) is 6.51. The summed E-state index contributed by atoms with van der Waals surface area (Å²) in [4.78, 5) is 44.2.